The fraction of sp³-hybridized carbons (Fsp3) is 0.471. The van der Waals surface area contributed by atoms with Gasteiger partial charge in [-0.25, -0.2) is 0 Å². The highest BCUT2D eigenvalue weighted by molar-refractivity contribution is 7.15. The highest BCUT2D eigenvalue weighted by Crippen LogP contribution is 2.34. The van der Waals surface area contributed by atoms with Crippen molar-refractivity contribution < 1.29 is 9.53 Å². The van der Waals surface area contributed by atoms with Gasteiger partial charge in [0.1, 0.15) is 10.5 Å². The monoisotopic (exact) mass is 382 g/mol. The SMILES string of the molecule is CC(C)(c1ccccc1)c1nnc(NC(=O)C2(N)CCOCC2)s1.Cl. The van der Waals surface area contributed by atoms with Gasteiger partial charge in [0.05, 0.1) is 0 Å². The van der Waals surface area contributed by atoms with Gasteiger partial charge in [0.25, 0.3) is 0 Å². The molecule has 1 fully saturated rings. The summed E-state index contributed by atoms with van der Waals surface area (Å²) >= 11 is 1.38. The largest absolute Gasteiger partial charge is 0.381 e. The first-order valence-electron chi connectivity index (χ1n) is 7.99. The maximum absolute atomic E-state index is 12.5. The number of ether oxygens (including phenoxy) is 1. The smallest absolute Gasteiger partial charge is 0.246 e. The Morgan fingerprint density at radius 1 is 1.24 bits per heavy atom. The standard InChI is InChI=1S/C17H22N4O2S.ClH/c1-16(2,12-6-4-3-5-7-12)14-20-21-15(24-14)19-13(22)17(18)8-10-23-11-9-17;/h3-7H,8-11,18H2,1-2H3,(H,19,21,22);1H. The first-order chi connectivity index (χ1) is 11.4. The van der Waals surface area contributed by atoms with Gasteiger partial charge < -0.3 is 10.5 Å². The number of rotatable bonds is 4. The number of aromatic nitrogens is 2. The lowest BCUT2D eigenvalue weighted by Crippen LogP contribution is -2.54. The third-order valence-electron chi connectivity index (χ3n) is 4.51. The fourth-order valence-electron chi connectivity index (χ4n) is 2.69. The molecule has 3 rings (SSSR count). The van der Waals surface area contributed by atoms with Crippen LogP contribution in [0.5, 0.6) is 0 Å². The van der Waals surface area contributed by atoms with E-state index in [-0.39, 0.29) is 23.7 Å². The Labute approximate surface area is 157 Å². The van der Waals surface area contributed by atoms with Crippen LogP contribution in [0, 0.1) is 0 Å². The van der Waals surface area contributed by atoms with Gasteiger partial charge >= 0.3 is 0 Å². The second-order valence-electron chi connectivity index (χ2n) is 6.63. The summed E-state index contributed by atoms with van der Waals surface area (Å²) < 4.78 is 5.28. The van der Waals surface area contributed by atoms with Crippen LogP contribution in [0.3, 0.4) is 0 Å². The molecule has 1 saturated heterocycles. The first kappa shape index (κ1) is 19.8. The number of nitrogens with zero attached hydrogens (tertiary/aromatic N) is 2. The molecule has 0 unspecified atom stereocenters. The minimum absolute atomic E-state index is 0. The first-order valence-corrected chi connectivity index (χ1v) is 8.81. The molecule has 3 N–H and O–H groups in total. The Balaban J connectivity index is 0.00000225. The Bertz CT molecular complexity index is 714. The second kappa shape index (κ2) is 7.78. The van der Waals surface area contributed by atoms with Crippen molar-refractivity contribution in [1.29, 1.82) is 0 Å². The predicted octanol–water partition coefficient (Wildman–Crippen LogP) is 2.73. The summed E-state index contributed by atoms with van der Waals surface area (Å²) in [5.74, 6) is -0.217. The van der Waals surface area contributed by atoms with E-state index in [1.165, 1.54) is 11.3 Å². The molecule has 0 atom stereocenters. The number of nitrogens with two attached hydrogens (primary N) is 1. The summed E-state index contributed by atoms with van der Waals surface area (Å²) in [7, 11) is 0. The number of benzene rings is 1. The van der Waals surface area contributed by atoms with Crippen LogP contribution in [0.1, 0.15) is 37.3 Å². The maximum atomic E-state index is 12.5. The number of hydrogen-bond acceptors (Lipinski definition) is 6. The molecule has 8 heteroatoms. The Morgan fingerprint density at radius 3 is 2.52 bits per heavy atom. The molecule has 1 aliphatic heterocycles. The van der Waals surface area contributed by atoms with Crippen molar-refractivity contribution in [3.8, 4) is 0 Å². The number of halogens is 1. The van der Waals surface area contributed by atoms with Crippen molar-refractivity contribution in [2.24, 2.45) is 5.73 Å². The van der Waals surface area contributed by atoms with E-state index in [2.05, 4.69) is 41.5 Å². The summed E-state index contributed by atoms with van der Waals surface area (Å²) in [4.78, 5) is 12.5. The van der Waals surface area contributed by atoms with E-state index >= 15 is 0 Å². The lowest BCUT2D eigenvalue weighted by molar-refractivity contribution is -0.124. The van der Waals surface area contributed by atoms with E-state index in [9.17, 15) is 4.79 Å². The molecule has 1 aliphatic rings. The van der Waals surface area contributed by atoms with Crippen molar-refractivity contribution >= 4 is 34.8 Å². The molecule has 1 aromatic heterocycles. The minimum atomic E-state index is -0.890. The van der Waals surface area contributed by atoms with Gasteiger partial charge in [-0.3, -0.25) is 10.1 Å². The zero-order valence-electron chi connectivity index (χ0n) is 14.3. The van der Waals surface area contributed by atoms with Crippen molar-refractivity contribution in [3.05, 3.63) is 40.9 Å². The van der Waals surface area contributed by atoms with Gasteiger partial charge in [-0.15, -0.1) is 22.6 Å². The number of nitrogens with one attached hydrogen (secondary N) is 1. The van der Waals surface area contributed by atoms with Crippen molar-refractivity contribution in [1.82, 2.24) is 10.2 Å². The average molecular weight is 383 g/mol. The minimum Gasteiger partial charge on any atom is -0.381 e. The van der Waals surface area contributed by atoms with Crippen molar-refractivity contribution in [2.75, 3.05) is 18.5 Å². The summed E-state index contributed by atoms with van der Waals surface area (Å²) in [6.07, 6.45) is 1.03. The number of carbonyl (C=O) groups is 1. The molecule has 2 aromatic rings. The molecular weight excluding hydrogens is 360 g/mol. The molecule has 1 aromatic carbocycles. The lowest BCUT2D eigenvalue weighted by atomic mass is 9.85. The Kier molecular flexibility index (Phi) is 6.16. The van der Waals surface area contributed by atoms with E-state index in [0.717, 1.165) is 10.6 Å². The van der Waals surface area contributed by atoms with E-state index in [4.69, 9.17) is 10.5 Å². The summed E-state index contributed by atoms with van der Waals surface area (Å²) in [6.45, 7) is 5.20. The quantitative estimate of drug-likeness (QED) is 0.848. The molecule has 0 bridgehead atoms. The molecule has 0 spiro atoms. The molecule has 0 aliphatic carbocycles. The average Bonchev–Trinajstić information content (AvgIpc) is 3.06. The van der Waals surface area contributed by atoms with Crippen LogP contribution in [0.2, 0.25) is 0 Å². The third-order valence-corrected chi connectivity index (χ3v) is 5.68. The number of anilines is 1. The normalized spacial score (nSPS) is 16.8. The molecular formula is C17H23ClN4O2S. The van der Waals surface area contributed by atoms with Crippen LogP contribution in [-0.4, -0.2) is 34.9 Å². The van der Waals surface area contributed by atoms with Crippen LogP contribution in [0.25, 0.3) is 0 Å². The molecule has 1 amide bonds. The van der Waals surface area contributed by atoms with Crippen molar-refractivity contribution in [3.63, 3.8) is 0 Å². The summed E-state index contributed by atoms with van der Waals surface area (Å²) in [5.41, 5.74) is 6.18. The van der Waals surface area contributed by atoms with Gasteiger partial charge in [-0.05, 0) is 32.3 Å². The number of carbonyl (C=O) groups excluding carboxylic acids is 1. The van der Waals surface area contributed by atoms with E-state index < -0.39 is 5.54 Å². The van der Waals surface area contributed by atoms with Gasteiger partial charge in [0, 0.05) is 18.6 Å². The zero-order chi connectivity index (χ0) is 17.2. The number of hydrogen-bond donors (Lipinski definition) is 2. The lowest BCUT2D eigenvalue weighted by Gasteiger charge is -2.31. The van der Waals surface area contributed by atoms with Gasteiger partial charge in [0.15, 0.2) is 0 Å². The molecule has 2 heterocycles. The molecule has 25 heavy (non-hydrogen) atoms. The molecule has 0 radical (unpaired) electrons. The van der Waals surface area contributed by atoms with Crippen LogP contribution in [-0.2, 0) is 14.9 Å². The Hall–Kier alpha value is -1.54. The van der Waals surface area contributed by atoms with Crippen LogP contribution in [0.4, 0.5) is 5.13 Å². The topological polar surface area (TPSA) is 90.1 Å². The molecule has 0 saturated carbocycles. The highest BCUT2D eigenvalue weighted by Gasteiger charge is 2.37. The predicted molar refractivity (Wildman–Crippen MR) is 101 cm³/mol. The van der Waals surface area contributed by atoms with E-state index in [0.29, 0.717) is 31.2 Å². The summed E-state index contributed by atoms with van der Waals surface area (Å²) in [5, 5.41) is 12.5. The zero-order valence-corrected chi connectivity index (χ0v) is 16.0. The number of amides is 1. The van der Waals surface area contributed by atoms with E-state index in [1.807, 2.05) is 18.2 Å². The third kappa shape index (κ3) is 4.17. The van der Waals surface area contributed by atoms with Crippen molar-refractivity contribution in [2.45, 2.75) is 37.6 Å². The second-order valence-corrected chi connectivity index (χ2v) is 7.60. The van der Waals surface area contributed by atoms with Gasteiger partial charge in [-0.2, -0.15) is 0 Å². The summed E-state index contributed by atoms with van der Waals surface area (Å²) in [6, 6.07) is 10.1. The maximum Gasteiger partial charge on any atom is 0.246 e. The van der Waals surface area contributed by atoms with Crippen LogP contribution in [0.15, 0.2) is 30.3 Å². The fourth-order valence-corrected chi connectivity index (χ4v) is 3.55. The van der Waals surface area contributed by atoms with Crippen LogP contribution >= 0.6 is 23.7 Å². The molecule has 136 valence electrons. The Morgan fingerprint density at radius 2 is 1.88 bits per heavy atom. The molecule has 6 nitrogen and oxygen atoms in total. The van der Waals surface area contributed by atoms with Gasteiger partial charge in [-0.1, -0.05) is 41.7 Å². The van der Waals surface area contributed by atoms with Gasteiger partial charge in [0.2, 0.25) is 11.0 Å². The highest BCUT2D eigenvalue weighted by atomic mass is 35.5. The van der Waals surface area contributed by atoms with Crippen LogP contribution < -0.4 is 11.1 Å². The van der Waals surface area contributed by atoms with E-state index in [1.54, 1.807) is 0 Å².